The molecular weight excluding hydrogens is 196 g/mol. The molecule has 0 bridgehead atoms. The molecule has 2 aliphatic rings. The molecule has 0 aromatic heterocycles. The minimum atomic E-state index is 0.753. The van der Waals surface area contributed by atoms with Gasteiger partial charge in [0.2, 0.25) is 0 Å². The zero-order valence-corrected chi connectivity index (χ0v) is 10.4. The highest BCUT2D eigenvalue weighted by Gasteiger charge is 2.29. The summed E-state index contributed by atoms with van der Waals surface area (Å²) in [4.78, 5) is 2.55. The maximum Gasteiger partial charge on any atom is 0.0539 e. The van der Waals surface area contributed by atoms with Crippen LogP contribution >= 0.6 is 0 Å². The van der Waals surface area contributed by atoms with E-state index in [-0.39, 0.29) is 0 Å². The highest BCUT2D eigenvalue weighted by atomic mass is 15.2. The first kappa shape index (κ1) is 11.5. The molecule has 16 heavy (non-hydrogen) atoms. The van der Waals surface area contributed by atoms with E-state index in [0.29, 0.717) is 0 Å². The van der Waals surface area contributed by atoms with Gasteiger partial charge in [-0.05, 0) is 18.1 Å². The molecule has 1 fully saturated rings. The van der Waals surface area contributed by atoms with Crippen LogP contribution in [-0.4, -0.2) is 25.7 Å². The first-order valence-electron chi connectivity index (χ1n) is 6.42. The van der Waals surface area contributed by atoms with Crippen molar-refractivity contribution in [3.05, 3.63) is 29.8 Å². The van der Waals surface area contributed by atoms with Gasteiger partial charge in [0.15, 0.2) is 0 Å². The normalized spacial score (nSPS) is 18.5. The summed E-state index contributed by atoms with van der Waals surface area (Å²) >= 11 is 0. The van der Waals surface area contributed by atoms with Gasteiger partial charge in [-0.2, -0.15) is 0 Å². The van der Waals surface area contributed by atoms with Crippen molar-refractivity contribution in [2.75, 3.05) is 24.5 Å². The number of fused-ring (bicyclic) bond motifs is 1. The molecule has 0 radical (unpaired) electrons. The van der Waals surface area contributed by atoms with Gasteiger partial charge in [-0.25, -0.2) is 0 Å². The summed E-state index contributed by atoms with van der Waals surface area (Å²) in [5, 5.41) is 3.33. The van der Waals surface area contributed by atoms with Gasteiger partial charge in [0.1, 0.15) is 0 Å². The monoisotopic (exact) mass is 218 g/mol. The van der Waals surface area contributed by atoms with Crippen molar-refractivity contribution in [3.63, 3.8) is 0 Å². The van der Waals surface area contributed by atoms with Crippen LogP contribution in [-0.2, 0) is 6.42 Å². The van der Waals surface area contributed by atoms with E-state index < -0.39 is 0 Å². The fourth-order valence-electron chi connectivity index (χ4n) is 2.24. The molecule has 0 saturated carbocycles. The Morgan fingerprint density at radius 1 is 1.25 bits per heavy atom. The van der Waals surface area contributed by atoms with Gasteiger partial charge in [0, 0.05) is 25.3 Å². The molecule has 88 valence electrons. The van der Waals surface area contributed by atoms with Crippen molar-refractivity contribution < 1.29 is 0 Å². The smallest absolute Gasteiger partial charge is 0.0539 e. The Hall–Kier alpha value is -1.02. The molecule has 3 rings (SSSR count). The van der Waals surface area contributed by atoms with Crippen LogP contribution in [0.15, 0.2) is 24.3 Å². The van der Waals surface area contributed by atoms with E-state index in [1.807, 2.05) is 0 Å². The molecule has 0 atom stereocenters. The molecule has 2 heterocycles. The summed E-state index contributed by atoms with van der Waals surface area (Å²) in [6.45, 7) is 7.79. The highest BCUT2D eigenvalue weighted by molar-refractivity contribution is 5.59. The topological polar surface area (TPSA) is 15.3 Å². The Bertz CT molecular complexity index is 331. The number of para-hydroxylation sites is 1. The Kier molecular flexibility index (Phi) is 3.83. The fourth-order valence-corrected chi connectivity index (χ4v) is 2.24. The van der Waals surface area contributed by atoms with Crippen molar-refractivity contribution in [2.45, 2.75) is 32.7 Å². The molecule has 2 nitrogen and oxygen atoms in total. The van der Waals surface area contributed by atoms with E-state index in [1.165, 1.54) is 30.6 Å². The minimum Gasteiger partial charge on any atom is -0.365 e. The van der Waals surface area contributed by atoms with Crippen LogP contribution in [0.4, 0.5) is 5.69 Å². The maximum atomic E-state index is 3.33. The Morgan fingerprint density at radius 2 is 1.94 bits per heavy atom. The number of anilines is 1. The van der Waals surface area contributed by atoms with Crippen molar-refractivity contribution >= 4 is 5.69 Å². The summed E-state index contributed by atoms with van der Waals surface area (Å²) in [7, 11) is 0. The highest BCUT2D eigenvalue weighted by Crippen LogP contribution is 2.29. The molecule has 1 aromatic rings. The molecule has 0 unspecified atom stereocenters. The Labute approximate surface area is 98.7 Å². The predicted molar refractivity (Wildman–Crippen MR) is 70.1 cm³/mol. The molecule has 2 aliphatic heterocycles. The largest absolute Gasteiger partial charge is 0.365 e. The molecule has 1 aromatic carbocycles. The summed E-state index contributed by atoms with van der Waals surface area (Å²) in [5.41, 5.74) is 2.99. The standard InChI is InChI=1S/C11H14N2.C3H8/c1-2-4-11-9(3-1)5-6-13(11)10-7-12-8-10;1-3-2/h1-4,10,12H,5-8H2;3H2,1-2H3. The van der Waals surface area contributed by atoms with Crippen molar-refractivity contribution in [1.82, 2.24) is 5.32 Å². The lowest BCUT2D eigenvalue weighted by Gasteiger charge is -2.37. The summed E-state index contributed by atoms with van der Waals surface area (Å²) in [6, 6.07) is 9.54. The Morgan fingerprint density at radius 3 is 2.56 bits per heavy atom. The van der Waals surface area contributed by atoms with Crippen LogP contribution in [0, 0.1) is 0 Å². The quantitative estimate of drug-likeness (QED) is 0.779. The molecule has 0 amide bonds. The summed E-state index contributed by atoms with van der Waals surface area (Å²) < 4.78 is 0. The molecule has 0 aliphatic carbocycles. The van der Waals surface area contributed by atoms with Gasteiger partial charge in [-0.15, -0.1) is 0 Å². The van der Waals surface area contributed by atoms with Crippen molar-refractivity contribution in [1.29, 1.82) is 0 Å². The van der Waals surface area contributed by atoms with Gasteiger partial charge in [0.25, 0.3) is 0 Å². The average Bonchev–Trinajstić information content (AvgIpc) is 2.61. The van der Waals surface area contributed by atoms with E-state index in [0.717, 1.165) is 19.1 Å². The maximum absolute atomic E-state index is 3.33. The molecule has 0 spiro atoms. The van der Waals surface area contributed by atoms with Crippen LogP contribution in [0.1, 0.15) is 25.8 Å². The van der Waals surface area contributed by atoms with Gasteiger partial charge in [0.05, 0.1) is 6.04 Å². The van der Waals surface area contributed by atoms with Crippen LogP contribution in [0.25, 0.3) is 0 Å². The third-order valence-electron chi connectivity index (χ3n) is 3.12. The first-order valence-corrected chi connectivity index (χ1v) is 6.42. The molecule has 1 saturated heterocycles. The zero-order valence-electron chi connectivity index (χ0n) is 10.4. The number of hydrogen-bond donors (Lipinski definition) is 1. The van der Waals surface area contributed by atoms with E-state index in [4.69, 9.17) is 0 Å². The van der Waals surface area contributed by atoms with Crippen LogP contribution in [0.5, 0.6) is 0 Å². The second-order valence-electron chi connectivity index (χ2n) is 4.59. The van der Waals surface area contributed by atoms with E-state index in [2.05, 4.69) is 48.3 Å². The number of rotatable bonds is 1. The van der Waals surface area contributed by atoms with Gasteiger partial charge >= 0.3 is 0 Å². The van der Waals surface area contributed by atoms with Crippen molar-refractivity contribution in [3.8, 4) is 0 Å². The lowest BCUT2D eigenvalue weighted by molar-refractivity contribution is 0.420. The SMILES string of the molecule is CCC.c1ccc2c(c1)CCN2C1CNC1. The second-order valence-corrected chi connectivity index (χ2v) is 4.59. The van der Waals surface area contributed by atoms with Crippen LogP contribution in [0.2, 0.25) is 0 Å². The third-order valence-corrected chi connectivity index (χ3v) is 3.12. The lowest BCUT2D eigenvalue weighted by Crippen LogP contribution is -2.56. The summed E-state index contributed by atoms with van der Waals surface area (Å²) in [6.07, 6.45) is 2.48. The number of nitrogens with zero attached hydrogens (tertiary/aromatic N) is 1. The fraction of sp³-hybridized carbons (Fsp3) is 0.571. The lowest BCUT2D eigenvalue weighted by atomic mass is 10.1. The van der Waals surface area contributed by atoms with E-state index in [9.17, 15) is 0 Å². The van der Waals surface area contributed by atoms with Gasteiger partial charge < -0.3 is 10.2 Å². The molecule has 1 N–H and O–H groups in total. The number of benzene rings is 1. The first-order chi connectivity index (χ1) is 7.86. The van der Waals surface area contributed by atoms with E-state index in [1.54, 1.807) is 0 Å². The van der Waals surface area contributed by atoms with Crippen LogP contribution in [0.3, 0.4) is 0 Å². The van der Waals surface area contributed by atoms with Crippen molar-refractivity contribution in [2.24, 2.45) is 0 Å². The predicted octanol–water partition coefficient (Wildman–Crippen LogP) is 2.44. The average molecular weight is 218 g/mol. The van der Waals surface area contributed by atoms with Gasteiger partial charge in [-0.3, -0.25) is 0 Å². The molecular formula is C14H22N2. The second kappa shape index (κ2) is 5.35. The van der Waals surface area contributed by atoms with Crippen LogP contribution < -0.4 is 10.2 Å². The number of nitrogens with one attached hydrogen (secondary N) is 1. The van der Waals surface area contributed by atoms with E-state index >= 15 is 0 Å². The van der Waals surface area contributed by atoms with Gasteiger partial charge in [-0.1, -0.05) is 38.5 Å². The molecule has 2 heteroatoms. The number of hydrogen-bond acceptors (Lipinski definition) is 2. The minimum absolute atomic E-state index is 0.753. The summed E-state index contributed by atoms with van der Waals surface area (Å²) in [5.74, 6) is 0. The third kappa shape index (κ3) is 2.22. The zero-order chi connectivity index (χ0) is 11.4. The Balaban J connectivity index is 0.000000292.